The number of nitro benzene ring substituents is 1. The Hall–Kier alpha value is -1.46. The number of hydrogen-bond acceptors (Lipinski definition) is 4. The third-order valence-electron chi connectivity index (χ3n) is 3.16. The maximum atomic E-state index is 11.0. The molecule has 1 aromatic carbocycles. The molecular formula is C15H24N2O3. The molecule has 0 aromatic heterocycles. The molecule has 5 nitrogen and oxygen atoms in total. The van der Waals surface area contributed by atoms with E-state index in [1.54, 1.807) is 18.2 Å². The van der Waals surface area contributed by atoms with Gasteiger partial charge in [-0.1, -0.05) is 31.5 Å². The maximum Gasteiger partial charge on any atom is 0.274 e. The fraction of sp³-hybridized carbons (Fsp3) is 0.600. The quantitative estimate of drug-likeness (QED) is 0.405. The monoisotopic (exact) mass is 280 g/mol. The molecule has 0 heterocycles. The number of ether oxygens (including phenoxy) is 1. The third-order valence-corrected chi connectivity index (χ3v) is 3.16. The minimum absolute atomic E-state index is 0.0350. The Bertz CT molecular complexity index is 410. The molecule has 0 radical (unpaired) electrons. The molecule has 0 spiro atoms. The summed E-state index contributed by atoms with van der Waals surface area (Å²) in [7, 11) is 0. The number of rotatable bonds is 10. The standard InChI is InChI=1S/C15H24N2O3/c1-3-4-11-20-12-7-10-16-13(2)14-8-5-6-9-15(14)17(18)19/h5-6,8-9,13,16H,3-4,7,10-12H2,1-2H3. The van der Waals surface area contributed by atoms with Gasteiger partial charge < -0.3 is 10.1 Å². The molecular weight excluding hydrogens is 256 g/mol. The molecule has 0 saturated heterocycles. The number of para-hydroxylation sites is 1. The molecule has 0 aliphatic carbocycles. The number of nitro groups is 1. The molecule has 0 saturated carbocycles. The van der Waals surface area contributed by atoms with E-state index in [9.17, 15) is 10.1 Å². The van der Waals surface area contributed by atoms with Crippen molar-refractivity contribution < 1.29 is 9.66 Å². The van der Waals surface area contributed by atoms with Crippen LogP contribution in [0.1, 0.15) is 44.7 Å². The van der Waals surface area contributed by atoms with Crippen molar-refractivity contribution in [3.63, 3.8) is 0 Å². The van der Waals surface area contributed by atoms with Crippen LogP contribution in [0, 0.1) is 10.1 Å². The lowest BCUT2D eigenvalue weighted by Gasteiger charge is -2.14. The van der Waals surface area contributed by atoms with Crippen molar-refractivity contribution in [3.05, 3.63) is 39.9 Å². The lowest BCUT2D eigenvalue weighted by molar-refractivity contribution is -0.385. The van der Waals surface area contributed by atoms with Crippen LogP contribution in [-0.2, 0) is 4.74 Å². The zero-order chi connectivity index (χ0) is 14.8. The van der Waals surface area contributed by atoms with Crippen LogP contribution in [0.2, 0.25) is 0 Å². The zero-order valence-corrected chi connectivity index (χ0v) is 12.3. The van der Waals surface area contributed by atoms with Gasteiger partial charge in [-0.15, -0.1) is 0 Å². The Morgan fingerprint density at radius 2 is 2.00 bits per heavy atom. The summed E-state index contributed by atoms with van der Waals surface area (Å²) in [5.74, 6) is 0. The molecule has 1 aromatic rings. The largest absolute Gasteiger partial charge is 0.381 e. The first-order chi connectivity index (χ1) is 9.66. The lowest BCUT2D eigenvalue weighted by atomic mass is 10.1. The van der Waals surface area contributed by atoms with Crippen molar-refractivity contribution in [2.45, 2.75) is 39.2 Å². The van der Waals surface area contributed by atoms with Gasteiger partial charge in [-0.2, -0.15) is 0 Å². The van der Waals surface area contributed by atoms with Crippen molar-refractivity contribution in [1.29, 1.82) is 0 Å². The first kappa shape index (κ1) is 16.6. The Morgan fingerprint density at radius 3 is 2.70 bits per heavy atom. The van der Waals surface area contributed by atoms with Crippen molar-refractivity contribution in [3.8, 4) is 0 Å². The first-order valence-electron chi connectivity index (χ1n) is 7.21. The fourth-order valence-electron chi connectivity index (χ4n) is 1.97. The molecule has 0 bridgehead atoms. The van der Waals surface area contributed by atoms with E-state index in [0.29, 0.717) is 0 Å². The fourth-order valence-corrected chi connectivity index (χ4v) is 1.97. The van der Waals surface area contributed by atoms with Gasteiger partial charge in [0.2, 0.25) is 0 Å². The highest BCUT2D eigenvalue weighted by atomic mass is 16.6. The Balaban J connectivity index is 2.32. The molecule has 1 atom stereocenters. The summed E-state index contributed by atoms with van der Waals surface area (Å²) in [5, 5.41) is 14.3. The summed E-state index contributed by atoms with van der Waals surface area (Å²) in [6.45, 7) is 6.42. The molecule has 0 fully saturated rings. The third kappa shape index (κ3) is 5.67. The smallest absolute Gasteiger partial charge is 0.274 e. The average molecular weight is 280 g/mol. The van der Waals surface area contributed by atoms with E-state index >= 15 is 0 Å². The van der Waals surface area contributed by atoms with Crippen LogP contribution in [0.25, 0.3) is 0 Å². The number of benzene rings is 1. The average Bonchev–Trinajstić information content (AvgIpc) is 2.46. The highest BCUT2D eigenvalue weighted by Crippen LogP contribution is 2.24. The van der Waals surface area contributed by atoms with E-state index < -0.39 is 0 Å². The van der Waals surface area contributed by atoms with Gasteiger partial charge in [0.05, 0.1) is 4.92 Å². The second-order valence-corrected chi connectivity index (χ2v) is 4.81. The molecule has 1 rings (SSSR count). The summed E-state index contributed by atoms with van der Waals surface area (Å²) in [5.41, 5.74) is 0.899. The SMILES string of the molecule is CCCCOCCCNC(C)c1ccccc1[N+](=O)[O-]. The number of hydrogen-bond donors (Lipinski definition) is 1. The van der Waals surface area contributed by atoms with Crippen LogP contribution in [-0.4, -0.2) is 24.7 Å². The molecule has 112 valence electrons. The predicted molar refractivity (Wildman–Crippen MR) is 79.9 cm³/mol. The Morgan fingerprint density at radius 1 is 1.30 bits per heavy atom. The number of unbranched alkanes of at least 4 members (excludes halogenated alkanes) is 1. The number of nitrogens with zero attached hydrogens (tertiary/aromatic N) is 1. The van der Waals surface area contributed by atoms with Gasteiger partial charge >= 0.3 is 0 Å². The van der Waals surface area contributed by atoms with Crippen molar-refractivity contribution >= 4 is 5.69 Å². The van der Waals surface area contributed by atoms with E-state index in [0.717, 1.165) is 44.6 Å². The van der Waals surface area contributed by atoms with E-state index in [2.05, 4.69) is 12.2 Å². The van der Waals surface area contributed by atoms with Crippen LogP contribution >= 0.6 is 0 Å². The summed E-state index contributed by atoms with van der Waals surface area (Å²) in [6, 6.07) is 6.83. The van der Waals surface area contributed by atoms with Crippen LogP contribution in [0.15, 0.2) is 24.3 Å². The normalized spacial score (nSPS) is 12.3. The van der Waals surface area contributed by atoms with Gasteiger partial charge in [-0.25, -0.2) is 0 Å². The van der Waals surface area contributed by atoms with Crippen LogP contribution in [0.4, 0.5) is 5.69 Å². The van der Waals surface area contributed by atoms with Gasteiger partial charge in [0.25, 0.3) is 5.69 Å². The second-order valence-electron chi connectivity index (χ2n) is 4.81. The second kappa shape index (κ2) is 9.44. The molecule has 0 aliphatic heterocycles. The summed E-state index contributed by atoms with van der Waals surface area (Å²) >= 11 is 0. The first-order valence-corrected chi connectivity index (χ1v) is 7.21. The van der Waals surface area contributed by atoms with Crippen molar-refractivity contribution in [1.82, 2.24) is 5.32 Å². The minimum atomic E-state index is -0.332. The van der Waals surface area contributed by atoms with Crippen LogP contribution in [0.3, 0.4) is 0 Å². The summed E-state index contributed by atoms with van der Waals surface area (Å²) < 4.78 is 5.48. The zero-order valence-electron chi connectivity index (χ0n) is 12.3. The van der Waals surface area contributed by atoms with Gasteiger partial charge in [0.15, 0.2) is 0 Å². The lowest BCUT2D eigenvalue weighted by Crippen LogP contribution is -2.21. The highest BCUT2D eigenvalue weighted by Gasteiger charge is 2.17. The number of nitrogens with one attached hydrogen (secondary N) is 1. The van der Waals surface area contributed by atoms with Crippen LogP contribution in [0.5, 0.6) is 0 Å². The predicted octanol–water partition coefficient (Wildman–Crippen LogP) is 3.45. The molecule has 1 N–H and O–H groups in total. The van der Waals surface area contributed by atoms with E-state index in [1.165, 1.54) is 0 Å². The van der Waals surface area contributed by atoms with Gasteiger partial charge in [-0.05, 0) is 26.3 Å². The van der Waals surface area contributed by atoms with E-state index in [-0.39, 0.29) is 16.7 Å². The van der Waals surface area contributed by atoms with Crippen molar-refractivity contribution in [2.24, 2.45) is 0 Å². The summed E-state index contributed by atoms with van der Waals surface area (Å²) in [4.78, 5) is 10.6. The topological polar surface area (TPSA) is 64.4 Å². The Labute approximate surface area is 120 Å². The van der Waals surface area contributed by atoms with Gasteiger partial charge in [0.1, 0.15) is 0 Å². The van der Waals surface area contributed by atoms with Gasteiger partial charge in [0, 0.05) is 30.9 Å². The van der Waals surface area contributed by atoms with Crippen LogP contribution < -0.4 is 5.32 Å². The van der Waals surface area contributed by atoms with E-state index in [1.807, 2.05) is 13.0 Å². The molecule has 5 heteroatoms. The molecule has 1 unspecified atom stereocenters. The minimum Gasteiger partial charge on any atom is -0.381 e. The van der Waals surface area contributed by atoms with Crippen molar-refractivity contribution in [2.75, 3.05) is 19.8 Å². The molecule has 20 heavy (non-hydrogen) atoms. The highest BCUT2D eigenvalue weighted by molar-refractivity contribution is 5.41. The molecule has 0 amide bonds. The van der Waals surface area contributed by atoms with E-state index in [4.69, 9.17) is 4.74 Å². The maximum absolute atomic E-state index is 11.0. The van der Waals surface area contributed by atoms with Gasteiger partial charge in [-0.3, -0.25) is 10.1 Å². The summed E-state index contributed by atoms with van der Waals surface area (Å²) in [6.07, 6.45) is 3.15. The molecule has 0 aliphatic rings. The Kier molecular flexibility index (Phi) is 7.84.